The Morgan fingerprint density at radius 2 is 2.00 bits per heavy atom. The lowest BCUT2D eigenvalue weighted by molar-refractivity contribution is -0.142. The first kappa shape index (κ1) is 11.4. The molecule has 0 heterocycles. The Bertz CT molecular complexity index is 147. The molecule has 0 saturated carbocycles. The van der Waals surface area contributed by atoms with Crippen molar-refractivity contribution in [2.24, 2.45) is 0 Å². The van der Waals surface area contributed by atoms with Gasteiger partial charge in [-0.05, 0) is 27.3 Å². The number of carbonyl (C=O) groups is 1. The maximum absolute atomic E-state index is 10.6. The second-order valence-corrected chi connectivity index (χ2v) is 3.32. The number of aliphatic carboxylic acids is 1. The van der Waals surface area contributed by atoms with Crippen LogP contribution in [0, 0.1) is 0 Å². The lowest BCUT2D eigenvalue weighted by Gasteiger charge is -2.27. The van der Waals surface area contributed by atoms with Crippen molar-refractivity contribution in [2.45, 2.75) is 45.7 Å². The van der Waals surface area contributed by atoms with Crippen molar-refractivity contribution in [3.05, 3.63) is 0 Å². The lowest BCUT2D eigenvalue weighted by atomic mass is 10.1. The van der Waals surface area contributed by atoms with E-state index in [9.17, 15) is 4.79 Å². The van der Waals surface area contributed by atoms with Crippen LogP contribution >= 0.6 is 0 Å². The molecule has 0 aliphatic carbocycles. The SMILES string of the molecule is CCCC(C)N(C)C(C)C(=O)O. The standard InChI is InChI=1S/C9H19NO2/c1-5-6-7(2)10(4)8(3)9(11)12/h7-8H,5-6H2,1-4H3,(H,11,12). The quantitative estimate of drug-likeness (QED) is 0.686. The van der Waals surface area contributed by atoms with Crippen LogP contribution in [0.1, 0.15) is 33.6 Å². The van der Waals surface area contributed by atoms with Gasteiger partial charge in [-0.2, -0.15) is 0 Å². The Hall–Kier alpha value is -0.570. The van der Waals surface area contributed by atoms with Gasteiger partial charge in [-0.1, -0.05) is 13.3 Å². The number of likely N-dealkylation sites (N-methyl/N-ethyl adjacent to an activating group) is 1. The van der Waals surface area contributed by atoms with E-state index >= 15 is 0 Å². The molecule has 2 atom stereocenters. The van der Waals surface area contributed by atoms with Crippen molar-refractivity contribution >= 4 is 5.97 Å². The molecule has 0 spiro atoms. The average Bonchev–Trinajstić information content (AvgIpc) is 2.02. The van der Waals surface area contributed by atoms with E-state index in [2.05, 4.69) is 13.8 Å². The van der Waals surface area contributed by atoms with Crippen LogP contribution in [-0.2, 0) is 4.79 Å². The fourth-order valence-electron chi connectivity index (χ4n) is 1.18. The molecule has 0 aromatic rings. The molecule has 0 fully saturated rings. The largest absolute Gasteiger partial charge is 0.480 e. The fraction of sp³-hybridized carbons (Fsp3) is 0.889. The van der Waals surface area contributed by atoms with Gasteiger partial charge in [-0.15, -0.1) is 0 Å². The molecule has 0 saturated heterocycles. The van der Waals surface area contributed by atoms with Crippen molar-refractivity contribution in [2.75, 3.05) is 7.05 Å². The topological polar surface area (TPSA) is 40.5 Å². The van der Waals surface area contributed by atoms with Gasteiger partial charge >= 0.3 is 5.97 Å². The third-order valence-corrected chi connectivity index (χ3v) is 2.37. The highest BCUT2D eigenvalue weighted by atomic mass is 16.4. The van der Waals surface area contributed by atoms with Gasteiger partial charge in [0, 0.05) is 6.04 Å². The molecule has 2 unspecified atom stereocenters. The molecule has 0 radical (unpaired) electrons. The normalized spacial score (nSPS) is 16.1. The van der Waals surface area contributed by atoms with E-state index in [1.807, 2.05) is 11.9 Å². The van der Waals surface area contributed by atoms with Gasteiger partial charge in [0.05, 0.1) is 0 Å². The van der Waals surface area contributed by atoms with Crippen LogP contribution < -0.4 is 0 Å². The predicted molar refractivity (Wildman–Crippen MR) is 49.2 cm³/mol. The van der Waals surface area contributed by atoms with E-state index < -0.39 is 5.97 Å². The average molecular weight is 173 g/mol. The van der Waals surface area contributed by atoms with Crippen LogP contribution in [0.15, 0.2) is 0 Å². The minimum absolute atomic E-state index is 0.348. The van der Waals surface area contributed by atoms with Gasteiger partial charge in [0.15, 0.2) is 0 Å². The first-order valence-corrected chi connectivity index (χ1v) is 4.45. The zero-order valence-electron chi connectivity index (χ0n) is 8.37. The van der Waals surface area contributed by atoms with Gasteiger partial charge in [-0.25, -0.2) is 0 Å². The van der Waals surface area contributed by atoms with Crippen molar-refractivity contribution in [1.29, 1.82) is 0 Å². The fourth-order valence-corrected chi connectivity index (χ4v) is 1.18. The van der Waals surface area contributed by atoms with Gasteiger partial charge in [-0.3, -0.25) is 9.69 Å². The molecular formula is C9H19NO2. The van der Waals surface area contributed by atoms with Crippen LogP contribution in [0.5, 0.6) is 0 Å². The van der Waals surface area contributed by atoms with Gasteiger partial charge in [0.2, 0.25) is 0 Å². The number of rotatable bonds is 5. The molecular weight excluding hydrogens is 154 g/mol. The molecule has 0 aliphatic rings. The molecule has 0 rings (SSSR count). The summed E-state index contributed by atoms with van der Waals surface area (Å²) in [6, 6.07) is -0.0346. The molecule has 0 aromatic heterocycles. The van der Waals surface area contributed by atoms with Gasteiger partial charge < -0.3 is 5.11 Å². The molecule has 0 aromatic carbocycles. The second-order valence-electron chi connectivity index (χ2n) is 3.32. The highest BCUT2D eigenvalue weighted by molar-refractivity contribution is 5.72. The highest BCUT2D eigenvalue weighted by Crippen LogP contribution is 2.07. The Morgan fingerprint density at radius 3 is 2.33 bits per heavy atom. The third kappa shape index (κ3) is 3.22. The van der Waals surface area contributed by atoms with Crippen molar-refractivity contribution in [3.63, 3.8) is 0 Å². The number of nitrogens with zero attached hydrogens (tertiary/aromatic N) is 1. The Kier molecular flexibility index (Phi) is 4.90. The van der Waals surface area contributed by atoms with E-state index in [0.717, 1.165) is 12.8 Å². The van der Waals surface area contributed by atoms with Crippen LogP contribution in [0.2, 0.25) is 0 Å². The Morgan fingerprint density at radius 1 is 1.50 bits per heavy atom. The summed E-state index contributed by atoms with van der Waals surface area (Å²) in [5.74, 6) is -0.750. The summed E-state index contributed by atoms with van der Waals surface area (Å²) in [7, 11) is 1.86. The van der Waals surface area contributed by atoms with E-state index in [1.54, 1.807) is 6.92 Å². The summed E-state index contributed by atoms with van der Waals surface area (Å²) in [5.41, 5.74) is 0. The zero-order chi connectivity index (χ0) is 9.72. The molecule has 0 amide bonds. The van der Waals surface area contributed by atoms with Crippen molar-refractivity contribution < 1.29 is 9.90 Å². The van der Waals surface area contributed by atoms with E-state index in [4.69, 9.17) is 5.11 Å². The minimum Gasteiger partial charge on any atom is -0.480 e. The zero-order valence-corrected chi connectivity index (χ0v) is 8.37. The number of hydrogen-bond acceptors (Lipinski definition) is 2. The summed E-state index contributed by atoms with van der Waals surface area (Å²) in [4.78, 5) is 12.5. The minimum atomic E-state index is -0.750. The Balaban J connectivity index is 3.99. The molecule has 72 valence electrons. The lowest BCUT2D eigenvalue weighted by Crippen LogP contribution is -2.41. The number of carboxylic acids is 1. The molecule has 0 aliphatic heterocycles. The van der Waals surface area contributed by atoms with Crippen LogP contribution in [0.4, 0.5) is 0 Å². The number of carboxylic acid groups (broad SMARTS) is 1. The molecule has 3 heteroatoms. The summed E-state index contributed by atoms with van der Waals surface area (Å²) >= 11 is 0. The Labute approximate surface area is 74.4 Å². The summed E-state index contributed by atoms with van der Waals surface area (Å²) in [5, 5.41) is 8.73. The maximum atomic E-state index is 10.6. The molecule has 1 N–H and O–H groups in total. The highest BCUT2D eigenvalue weighted by Gasteiger charge is 2.20. The van der Waals surface area contributed by atoms with Crippen LogP contribution in [0.25, 0.3) is 0 Å². The molecule has 0 bridgehead atoms. The monoisotopic (exact) mass is 173 g/mol. The first-order chi connectivity index (χ1) is 5.50. The smallest absolute Gasteiger partial charge is 0.320 e. The molecule has 12 heavy (non-hydrogen) atoms. The number of hydrogen-bond donors (Lipinski definition) is 1. The maximum Gasteiger partial charge on any atom is 0.320 e. The van der Waals surface area contributed by atoms with E-state index in [0.29, 0.717) is 6.04 Å². The van der Waals surface area contributed by atoms with Crippen molar-refractivity contribution in [3.8, 4) is 0 Å². The summed E-state index contributed by atoms with van der Waals surface area (Å²) < 4.78 is 0. The van der Waals surface area contributed by atoms with Crippen molar-refractivity contribution in [1.82, 2.24) is 4.90 Å². The predicted octanol–water partition coefficient (Wildman–Crippen LogP) is 1.58. The third-order valence-electron chi connectivity index (χ3n) is 2.37. The molecule has 3 nitrogen and oxygen atoms in total. The van der Waals surface area contributed by atoms with Crippen LogP contribution in [0.3, 0.4) is 0 Å². The van der Waals surface area contributed by atoms with Gasteiger partial charge in [0.25, 0.3) is 0 Å². The first-order valence-electron chi connectivity index (χ1n) is 4.45. The van der Waals surface area contributed by atoms with E-state index in [-0.39, 0.29) is 6.04 Å². The van der Waals surface area contributed by atoms with E-state index in [1.165, 1.54) is 0 Å². The second kappa shape index (κ2) is 5.14. The summed E-state index contributed by atoms with van der Waals surface area (Å²) in [6.45, 7) is 5.88. The van der Waals surface area contributed by atoms with Gasteiger partial charge in [0.1, 0.15) is 6.04 Å². The summed E-state index contributed by atoms with van der Waals surface area (Å²) in [6.07, 6.45) is 2.14. The van der Waals surface area contributed by atoms with Crippen LogP contribution in [-0.4, -0.2) is 35.1 Å².